The predicted molar refractivity (Wildman–Crippen MR) is 64.3 cm³/mol. The molecular weight excluding hydrogens is 244 g/mol. The summed E-state index contributed by atoms with van der Waals surface area (Å²) in [5.41, 5.74) is 5.46. The number of sulfone groups is 1. The average molecular weight is 264 g/mol. The lowest BCUT2D eigenvalue weighted by Crippen LogP contribution is -2.39. The molecule has 0 radical (unpaired) electrons. The van der Waals surface area contributed by atoms with Crippen LogP contribution >= 0.6 is 0 Å². The Balaban J connectivity index is 2.42. The van der Waals surface area contributed by atoms with Gasteiger partial charge in [-0.25, -0.2) is 8.42 Å². The van der Waals surface area contributed by atoms with Crippen molar-refractivity contribution in [2.24, 2.45) is 5.73 Å². The van der Waals surface area contributed by atoms with E-state index in [2.05, 4.69) is 0 Å². The number of rotatable bonds is 5. The number of amides is 1. The van der Waals surface area contributed by atoms with E-state index in [1.54, 1.807) is 7.05 Å². The van der Waals surface area contributed by atoms with Gasteiger partial charge in [-0.15, -0.1) is 0 Å². The van der Waals surface area contributed by atoms with Crippen molar-refractivity contribution in [1.29, 1.82) is 0 Å². The second-order valence-corrected chi connectivity index (χ2v) is 6.71. The third kappa shape index (κ3) is 4.61. The topological polar surface area (TPSA) is 89.7 Å². The van der Waals surface area contributed by atoms with E-state index in [0.29, 0.717) is 13.0 Å². The van der Waals surface area contributed by atoms with Crippen LogP contribution in [0.5, 0.6) is 0 Å². The first-order valence-electron chi connectivity index (χ1n) is 5.61. The van der Waals surface area contributed by atoms with Gasteiger partial charge in [-0.1, -0.05) is 0 Å². The highest BCUT2D eigenvalue weighted by Crippen LogP contribution is 2.20. The van der Waals surface area contributed by atoms with Crippen LogP contribution in [-0.4, -0.2) is 63.6 Å². The van der Waals surface area contributed by atoms with Gasteiger partial charge in [0.25, 0.3) is 5.91 Å². The summed E-state index contributed by atoms with van der Waals surface area (Å²) in [6, 6.07) is 0. The zero-order chi connectivity index (χ0) is 13.1. The Kier molecular flexibility index (Phi) is 4.91. The van der Waals surface area contributed by atoms with Crippen LogP contribution in [0, 0.1) is 0 Å². The molecule has 1 rings (SSSR count). The lowest BCUT2D eigenvalue weighted by Gasteiger charge is -2.20. The van der Waals surface area contributed by atoms with E-state index in [1.807, 2.05) is 0 Å². The molecule has 1 fully saturated rings. The van der Waals surface area contributed by atoms with Crippen molar-refractivity contribution < 1.29 is 17.9 Å². The van der Waals surface area contributed by atoms with Gasteiger partial charge in [0.05, 0.1) is 11.9 Å². The monoisotopic (exact) mass is 264 g/mol. The summed E-state index contributed by atoms with van der Waals surface area (Å²) in [4.78, 5) is 13.3. The van der Waals surface area contributed by atoms with Crippen LogP contribution < -0.4 is 5.73 Å². The van der Waals surface area contributed by atoms with Crippen molar-refractivity contribution in [3.05, 3.63) is 0 Å². The van der Waals surface area contributed by atoms with Crippen LogP contribution in [0.4, 0.5) is 0 Å². The minimum absolute atomic E-state index is 0.0255. The Morgan fingerprint density at radius 3 is 2.59 bits per heavy atom. The molecule has 7 heteroatoms. The second-order valence-electron chi connectivity index (χ2n) is 4.45. The number of likely N-dealkylation sites (N-methyl/N-ethyl adjacent to an activating group) is 1. The number of nitrogens with two attached hydrogens (primary N) is 1. The van der Waals surface area contributed by atoms with Crippen LogP contribution in [0.3, 0.4) is 0 Å². The molecule has 0 spiro atoms. The molecule has 100 valence electrons. The smallest absolute Gasteiger partial charge is 0.251 e. The largest absolute Gasteiger partial charge is 0.364 e. The fraction of sp³-hybridized carbons (Fsp3) is 0.900. The molecule has 0 saturated carbocycles. The summed E-state index contributed by atoms with van der Waals surface area (Å²) >= 11 is 0. The van der Waals surface area contributed by atoms with E-state index in [0.717, 1.165) is 12.7 Å². The minimum atomic E-state index is -3.05. The summed E-state index contributed by atoms with van der Waals surface area (Å²) in [5, 5.41) is 0. The summed E-state index contributed by atoms with van der Waals surface area (Å²) in [6.07, 6.45) is 2.08. The van der Waals surface area contributed by atoms with Crippen LogP contribution in [0.15, 0.2) is 0 Å². The third-order valence-electron chi connectivity index (χ3n) is 2.82. The molecule has 0 aliphatic carbocycles. The van der Waals surface area contributed by atoms with E-state index in [4.69, 9.17) is 10.5 Å². The fourth-order valence-corrected chi connectivity index (χ4v) is 2.33. The molecular formula is C10H20N2O4S. The molecule has 6 nitrogen and oxygen atoms in total. The number of carbonyl (C=O) groups is 1. The van der Waals surface area contributed by atoms with E-state index >= 15 is 0 Å². The quantitative estimate of drug-likeness (QED) is 0.687. The zero-order valence-corrected chi connectivity index (χ0v) is 11.1. The maximum Gasteiger partial charge on any atom is 0.251 e. The van der Waals surface area contributed by atoms with Crippen molar-refractivity contribution in [1.82, 2.24) is 4.90 Å². The number of ether oxygens (including phenoxy) is 1. The molecule has 1 saturated heterocycles. The Morgan fingerprint density at radius 1 is 1.47 bits per heavy atom. The molecule has 1 aliphatic rings. The molecule has 0 aromatic rings. The van der Waals surface area contributed by atoms with Crippen molar-refractivity contribution >= 4 is 15.7 Å². The normalized spacial score (nSPS) is 24.9. The van der Waals surface area contributed by atoms with Gasteiger partial charge in [0.2, 0.25) is 0 Å². The molecule has 1 aliphatic heterocycles. The first kappa shape index (κ1) is 14.4. The van der Waals surface area contributed by atoms with E-state index < -0.39 is 15.9 Å². The van der Waals surface area contributed by atoms with Gasteiger partial charge >= 0.3 is 0 Å². The molecule has 0 bridgehead atoms. The molecule has 1 heterocycles. The Labute approximate surface area is 102 Å². The van der Waals surface area contributed by atoms with E-state index in [1.165, 1.54) is 4.90 Å². The molecule has 0 aromatic heterocycles. The van der Waals surface area contributed by atoms with Crippen LogP contribution in [-0.2, 0) is 19.4 Å². The zero-order valence-electron chi connectivity index (χ0n) is 10.3. The van der Waals surface area contributed by atoms with Crippen molar-refractivity contribution in [2.45, 2.75) is 25.0 Å². The molecule has 0 aromatic carbocycles. The van der Waals surface area contributed by atoms with Gasteiger partial charge < -0.3 is 15.4 Å². The third-order valence-corrected chi connectivity index (χ3v) is 3.74. The number of nitrogens with zero attached hydrogens (tertiary/aromatic N) is 1. The minimum Gasteiger partial charge on any atom is -0.364 e. The highest BCUT2D eigenvalue weighted by molar-refractivity contribution is 7.90. The Morgan fingerprint density at radius 2 is 2.12 bits per heavy atom. The molecule has 2 unspecified atom stereocenters. The highest BCUT2D eigenvalue weighted by Gasteiger charge is 2.31. The summed E-state index contributed by atoms with van der Waals surface area (Å²) in [6.45, 7) is 0.613. The van der Waals surface area contributed by atoms with Crippen molar-refractivity contribution in [2.75, 3.05) is 32.1 Å². The van der Waals surface area contributed by atoms with Crippen LogP contribution in [0.1, 0.15) is 12.8 Å². The lowest BCUT2D eigenvalue weighted by atomic mass is 10.2. The SMILES string of the molecule is CN(CCS(C)(=O)=O)C(=O)C1CCC(CN)O1. The number of carbonyl (C=O) groups excluding carboxylic acids is 1. The highest BCUT2D eigenvalue weighted by atomic mass is 32.2. The van der Waals surface area contributed by atoms with Crippen molar-refractivity contribution in [3.63, 3.8) is 0 Å². The molecule has 2 N–H and O–H groups in total. The number of hydrogen-bond acceptors (Lipinski definition) is 5. The molecule has 1 amide bonds. The maximum atomic E-state index is 11.9. The van der Waals surface area contributed by atoms with Gasteiger partial charge in [-0.05, 0) is 12.8 Å². The van der Waals surface area contributed by atoms with E-state index in [-0.39, 0.29) is 24.3 Å². The van der Waals surface area contributed by atoms with Gasteiger partial charge in [-0.2, -0.15) is 0 Å². The van der Waals surface area contributed by atoms with Gasteiger partial charge in [0.1, 0.15) is 15.9 Å². The summed E-state index contributed by atoms with van der Waals surface area (Å²) in [5.74, 6) is -0.188. The van der Waals surface area contributed by atoms with Crippen LogP contribution in [0.2, 0.25) is 0 Å². The van der Waals surface area contributed by atoms with Crippen molar-refractivity contribution in [3.8, 4) is 0 Å². The molecule has 2 atom stereocenters. The number of hydrogen-bond donors (Lipinski definition) is 1. The van der Waals surface area contributed by atoms with Gasteiger partial charge in [0.15, 0.2) is 0 Å². The average Bonchev–Trinajstić information content (AvgIpc) is 2.72. The summed E-state index contributed by atoms with van der Waals surface area (Å²) < 4.78 is 27.4. The Bertz CT molecular complexity index is 369. The van der Waals surface area contributed by atoms with Crippen LogP contribution in [0.25, 0.3) is 0 Å². The Hall–Kier alpha value is -0.660. The maximum absolute atomic E-state index is 11.9. The first-order valence-corrected chi connectivity index (χ1v) is 7.68. The first-order chi connectivity index (χ1) is 7.83. The standard InChI is InChI=1S/C10H20N2O4S/c1-12(5-6-17(2,14)15)10(13)9-4-3-8(7-11)16-9/h8-9H,3-7,11H2,1-2H3. The van der Waals surface area contributed by atoms with Gasteiger partial charge in [0, 0.05) is 26.4 Å². The van der Waals surface area contributed by atoms with E-state index in [9.17, 15) is 13.2 Å². The molecule has 17 heavy (non-hydrogen) atoms. The summed E-state index contributed by atoms with van der Waals surface area (Å²) in [7, 11) is -1.46. The second kappa shape index (κ2) is 5.79. The fourth-order valence-electron chi connectivity index (χ4n) is 1.72. The van der Waals surface area contributed by atoms with Gasteiger partial charge in [-0.3, -0.25) is 4.79 Å². The lowest BCUT2D eigenvalue weighted by molar-refractivity contribution is -0.141. The predicted octanol–water partition coefficient (Wildman–Crippen LogP) is -1.00.